The van der Waals surface area contributed by atoms with E-state index < -0.39 is 11.7 Å². The van der Waals surface area contributed by atoms with Gasteiger partial charge in [0.15, 0.2) is 0 Å². The van der Waals surface area contributed by atoms with Crippen LogP contribution in [0.25, 0.3) is 96.0 Å². The third kappa shape index (κ3) is 4.76. The maximum Gasteiger partial charge on any atom is 0.417 e. The molecule has 11 aromatic rings. The average molecular weight is 817 g/mol. The molecule has 0 radical (unpaired) electrons. The molecule has 4 nitrogen and oxygen atoms in total. The molecular weight excluding hydrogens is 790 g/mol. The number of para-hydroxylation sites is 2. The van der Waals surface area contributed by atoms with Gasteiger partial charge >= 0.3 is 6.18 Å². The van der Waals surface area contributed by atoms with E-state index in [4.69, 9.17) is 0 Å². The zero-order valence-corrected chi connectivity index (χ0v) is 33.1. The lowest BCUT2D eigenvalue weighted by atomic mass is 9.90. The standard InChI is InChI=1S/C51H27F3N4S2/c52-51(53,54)38-15-9-10-29(27-56)45(38)46-41(57-39-16-5-1-11-30(39)34-20-22-36-32-13-3-7-18-43(32)59-49(36)47(34)57)24-28(26-55)25-42(46)58-40-17-6-2-12-31(40)35-21-23-37-33-14-4-8-19-44(33)60-50(37)48(35)58/h1-20,22,24-25H,21,23H2. The molecule has 0 aliphatic heterocycles. The number of nitrogens with zero attached hydrogens (tertiary/aromatic N) is 4. The van der Waals surface area contributed by atoms with E-state index >= 15 is 13.2 Å². The predicted octanol–water partition coefficient (Wildman–Crippen LogP) is 14.5. The highest BCUT2D eigenvalue weighted by molar-refractivity contribution is 7.26. The van der Waals surface area contributed by atoms with Crippen LogP contribution in [0.4, 0.5) is 13.2 Å². The van der Waals surface area contributed by atoms with Crippen molar-refractivity contribution < 1.29 is 13.2 Å². The highest BCUT2D eigenvalue weighted by Gasteiger charge is 2.38. The molecule has 4 aromatic heterocycles. The lowest BCUT2D eigenvalue weighted by molar-refractivity contribution is -0.137. The molecule has 12 rings (SSSR count). The molecule has 0 saturated carbocycles. The van der Waals surface area contributed by atoms with Gasteiger partial charge in [0.2, 0.25) is 0 Å². The Kier molecular flexibility index (Phi) is 7.35. The summed E-state index contributed by atoms with van der Waals surface area (Å²) in [6, 6.07) is 48.4. The number of rotatable bonds is 3. The summed E-state index contributed by atoms with van der Waals surface area (Å²) in [7, 11) is 0. The largest absolute Gasteiger partial charge is 0.417 e. The maximum atomic E-state index is 15.6. The summed E-state index contributed by atoms with van der Waals surface area (Å²) in [6.07, 6.45) is -3.27. The Morgan fingerprint density at radius 2 is 1.15 bits per heavy atom. The Hall–Kier alpha value is -7.17. The minimum atomic E-state index is -4.82. The molecule has 0 N–H and O–H groups in total. The van der Waals surface area contributed by atoms with Gasteiger partial charge in [0, 0.05) is 47.5 Å². The van der Waals surface area contributed by atoms with Gasteiger partial charge in [-0.25, -0.2) is 0 Å². The van der Waals surface area contributed by atoms with Gasteiger partial charge in [-0.15, -0.1) is 22.7 Å². The van der Waals surface area contributed by atoms with Crippen molar-refractivity contribution in [2.75, 3.05) is 0 Å². The Morgan fingerprint density at radius 1 is 0.533 bits per heavy atom. The van der Waals surface area contributed by atoms with E-state index in [0.717, 1.165) is 92.6 Å². The number of aryl methyl sites for hydroxylation is 2. The van der Waals surface area contributed by atoms with E-state index in [1.165, 1.54) is 23.1 Å². The zero-order valence-electron chi connectivity index (χ0n) is 31.4. The number of thiophene rings is 2. The number of fused-ring (bicyclic) bond motifs is 14. The summed E-state index contributed by atoms with van der Waals surface area (Å²) in [5.41, 5.74) is 5.63. The van der Waals surface area contributed by atoms with Crippen molar-refractivity contribution in [1.29, 1.82) is 10.5 Å². The second-order valence-corrected chi connectivity index (χ2v) is 17.3. The fraction of sp³-hybridized carbons (Fsp3) is 0.0588. The molecule has 0 saturated heterocycles. The molecule has 7 aromatic carbocycles. The van der Waals surface area contributed by atoms with Crippen LogP contribution in [0.3, 0.4) is 0 Å². The minimum Gasteiger partial charge on any atom is -0.307 e. The van der Waals surface area contributed by atoms with Gasteiger partial charge in [0.05, 0.1) is 72.0 Å². The van der Waals surface area contributed by atoms with Crippen molar-refractivity contribution in [3.8, 4) is 45.2 Å². The van der Waals surface area contributed by atoms with Crippen molar-refractivity contribution in [1.82, 2.24) is 9.13 Å². The van der Waals surface area contributed by atoms with Gasteiger partial charge in [0.25, 0.3) is 0 Å². The number of hydrogen-bond donors (Lipinski definition) is 0. The second-order valence-electron chi connectivity index (χ2n) is 15.2. The van der Waals surface area contributed by atoms with Crippen molar-refractivity contribution >= 4 is 85.6 Å². The molecule has 1 aliphatic carbocycles. The molecule has 0 amide bonds. The predicted molar refractivity (Wildman–Crippen MR) is 239 cm³/mol. The lowest BCUT2D eigenvalue weighted by Gasteiger charge is -2.25. The maximum absolute atomic E-state index is 15.6. The SMILES string of the molecule is N#Cc1cc(-n2c3c(c4ccccc42)CCc2c-3sc3ccccc23)c(-c2c(C#N)cccc2C(F)(F)F)c(-n2c3ccccc3c3ccc4c5ccccc5sc4c32)c1. The molecule has 0 unspecified atom stereocenters. The number of nitriles is 2. The van der Waals surface area contributed by atoms with Crippen LogP contribution in [0, 0.1) is 22.7 Å². The molecule has 284 valence electrons. The fourth-order valence-corrected chi connectivity index (χ4v) is 12.3. The Morgan fingerprint density at radius 3 is 1.88 bits per heavy atom. The molecule has 0 spiro atoms. The van der Waals surface area contributed by atoms with Crippen molar-refractivity contribution in [2.45, 2.75) is 19.0 Å². The number of alkyl halides is 3. The number of benzene rings is 7. The number of aromatic nitrogens is 2. The first-order valence-corrected chi connectivity index (χ1v) is 21.1. The second kappa shape index (κ2) is 12.7. The topological polar surface area (TPSA) is 57.4 Å². The molecule has 0 bridgehead atoms. The van der Waals surface area contributed by atoms with Crippen LogP contribution in [0.15, 0.2) is 140 Å². The molecule has 1 aliphatic rings. The smallest absolute Gasteiger partial charge is 0.307 e. The van der Waals surface area contributed by atoms with Crippen molar-refractivity contribution in [2.24, 2.45) is 0 Å². The monoisotopic (exact) mass is 816 g/mol. The fourth-order valence-electron chi connectivity index (χ4n) is 9.75. The molecule has 0 atom stereocenters. The van der Waals surface area contributed by atoms with Crippen LogP contribution >= 0.6 is 22.7 Å². The summed E-state index contributed by atoms with van der Waals surface area (Å²) >= 11 is 3.32. The third-order valence-corrected chi connectivity index (χ3v) is 14.6. The van der Waals surface area contributed by atoms with Crippen LogP contribution < -0.4 is 0 Å². The van der Waals surface area contributed by atoms with E-state index in [1.54, 1.807) is 34.8 Å². The average Bonchev–Trinajstić information content (AvgIpc) is 4.03. The van der Waals surface area contributed by atoms with E-state index in [9.17, 15) is 10.5 Å². The van der Waals surface area contributed by atoms with Crippen LogP contribution in [0.1, 0.15) is 27.8 Å². The van der Waals surface area contributed by atoms with E-state index in [-0.39, 0.29) is 22.3 Å². The summed E-state index contributed by atoms with van der Waals surface area (Å²) in [6.45, 7) is 0. The third-order valence-electron chi connectivity index (χ3n) is 12.1. The van der Waals surface area contributed by atoms with Crippen LogP contribution in [0.5, 0.6) is 0 Å². The minimum absolute atomic E-state index is 0.113. The van der Waals surface area contributed by atoms with Crippen LogP contribution in [-0.4, -0.2) is 9.13 Å². The van der Waals surface area contributed by atoms with Crippen molar-refractivity contribution in [3.63, 3.8) is 0 Å². The van der Waals surface area contributed by atoms with Gasteiger partial charge < -0.3 is 9.13 Å². The van der Waals surface area contributed by atoms with E-state index in [0.29, 0.717) is 11.4 Å². The normalized spacial score (nSPS) is 12.8. The van der Waals surface area contributed by atoms with Crippen LogP contribution in [0.2, 0.25) is 0 Å². The summed E-state index contributed by atoms with van der Waals surface area (Å²) in [4.78, 5) is 1.05. The highest BCUT2D eigenvalue weighted by atomic mass is 32.1. The first-order chi connectivity index (χ1) is 29.3. The Bertz CT molecular complexity index is 3750. The Labute approximate surface area is 348 Å². The number of halogens is 3. The van der Waals surface area contributed by atoms with E-state index in [2.05, 4.69) is 59.2 Å². The van der Waals surface area contributed by atoms with Gasteiger partial charge in [-0.05, 0) is 77.9 Å². The Balaban J connectivity index is 1.33. The van der Waals surface area contributed by atoms with Gasteiger partial charge in [-0.1, -0.05) is 91.0 Å². The molecule has 60 heavy (non-hydrogen) atoms. The first kappa shape index (κ1) is 34.8. The molecule has 9 heteroatoms. The van der Waals surface area contributed by atoms with Gasteiger partial charge in [-0.3, -0.25) is 0 Å². The quantitative estimate of drug-likeness (QED) is 0.178. The number of hydrogen-bond acceptors (Lipinski definition) is 4. The first-order valence-electron chi connectivity index (χ1n) is 19.5. The van der Waals surface area contributed by atoms with Gasteiger partial charge in [0.1, 0.15) is 0 Å². The highest BCUT2D eigenvalue weighted by Crippen LogP contribution is 2.52. The molecule has 0 fully saturated rings. The molecular formula is C51H27F3N4S2. The summed E-state index contributed by atoms with van der Waals surface area (Å²) in [5, 5.41) is 27.8. The lowest BCUT2D eigenvalue weighted by Crippen LogP contribution is -2.13. The van der Waals surface area contributed by atoms with Gasteiger partial charge in [-0.2, -0.15) is 23.7 Å². The van der Waals surface area contributed by atoms with E-state index in [1.807, 2.05) is 71.3 Å². The van der Waals surface area contributed by atoms with Crippen LogP contribution in [-0.2, 0) is 19.0 Å². The molecule has 4 heterocycles. The zero-order chi connectivity index (χ0) is 40.4. The summed E-state index contributed by atoms with van der Waals surface area (Å²) < 4.78 is 54.2. The summed E-state index contributed by atoms with van der Waals surface area (Å²) in [5.74, 6) is 0. The van der Waals surface area contributed by atoms with Crippen molar-refractivity contribution in [3.05, 3.63) is 167 Å².